The van der Waals surface area contributed by atoms with Gasteiger partial charge in [-0.3, -0.25) is 0 Å². The van der Waals surface area contributed by atoms with Crippen LogP contribution >= 0.6 is 23.2 Å². The molecule has 0 amide bonds. The molecule has 0 aromatic heterocycles. The number of amidine groups is 1. The SMILES string of the molecule is NC(=NO)c1ccc(Cl)cc1OCc1ccccc1Cl. The number of hydrogen-bond donors (Lipinski definition) is 2. The summed E-state index contributed by atoms with van der Waals surface area (Å²) in [5.74, 6) is 0.378. The van der Waals surface area contributed by atoms with Gasteiger partial charge in [-0.25, -0.2) is 0 Å². The molecule has 20 heavy (non-hydrogen) atoms. The lowest BCUT2D eigenvalue weighted by Gasteiger charge is -2.12. The van der Waals surface area contributed by atoms with Crippen molar-refractivity contribution in [1.82, 2.24) is 0 Å². The molecule has 4 nitrogen and oxygen atoms in total. The Balaban J connectivity index is 2.25. The minimum Gasteiger partial charge on any atom is -0.488 e. The van der Waals surface area contributed by atoms with Crippen molar-refractivity contribution in [2.45, 2.75) is 6.61 Å². The van der Waals surface area contributed by atoms with Gasteiger partial charge in [0.05, 0.1) is 5.56 Å². The highest BCUT2D eigenvalue weighted by Crippen LogP contribution is 2.25. The van der Waals surface area contributed by atoms with Gasteiger partial charge in [-0.15, -0.1) is 0 Å². The van der Waals surface area contributed by atoms with Crippen LogP contribution in [0.4, 0.5) is 0 Å². The summed E-state index contributed by atoms with van der Waals surface area (Å²) in [6, 6.07) is 12.2. The highest BCUT2D eigenvalue weighted by molar-refractivity contribution is 6.31. The number of hydrogen-bond acceptors (Lipinski definition) is 3. The Morgan fingerprint density at radius 2 is 1.95 bits per heavy atom. The van der Waals surface area contributed by atoms with Crippen LogP contribution in [0.3, 0.4) is 0 Å². The van der Waals surface area contributed by atoms with Crippen molar-refractivity contribution in [1.29, 1.82) is 0 Å². The third-order valence-corrected chi connectivity index (χ3v) is 3.27. The fourth-order valence-corrected chi connectivity index (χ4v) is 2.00. The standard InChI is InChI=1S/C14H12Cl2N2O2/c15-10-5-6-11(14(17)18-19)13(7-10)20-8-9-3-1-2-4-12(9)16/h1-7,19H,8H2,(H2,17,18). The van der Waals surface area contributed by atoms with Crippen LogP contribution in [-0.4, -0.2) is 11.0 Å². The number of nitrogens with zero attached hydrogens (tertiary/aromatic N) is 1. The maximum atomic E-state index is 8.76. The van der Waals surface area contributed by atoms with E-state index in [4.69, 9.17) is 38.9 Å². The smallest absolute Gasteiger partial charge is 0.173 e. The molecule has 0 aliphatic rings. The van der Waals surface area contributed by atoms with Crippen LogP contribution in [-0.2, 0) is 6.61 Å². The molecule has 0 saturated carbocycles. The molecule has 0 aliphatic carbocycles. The topological polar surface area (TPSA) is 67.8 Å². The molecule has 0 spiro atoms. The second-order valence-electron chi connectivity index (χ2n) is 4.01. The first-order chi connectivity index (χ1) is 9.61. The zero-order chi connectivity index (χ0) is 14.5. The minimum atomic E-state index is -0.0455. The predicted octanol–water partition coefficient (Wildman–Crippen LogP) is 3.67. The van der Waals surface area contributed by atoms with Gasteiger partial charge in [-0.05, 0) is 24.3 Å². The van der Waals surface area contributed by atoms with Crippen molar-refractivity contribution in [3.63, 3.8) is 0 Å². The molecule has 0 radical (unpaired) electrons. The van der Waals surface area contributed by atoms with E-state index in [0.717, 1.165) is 5.56 Å². The molecule has 104 valence electrons. The van der Waals surface area contributed by atoms with E-state index in [0.29, 0.717) is 21.4 Å². The second kappa shape index (κ2) is 6.50. The summed E-state index contributed by atoms with van der Waals surface area (Å²) in [7, 11) is 0. The monoisotopic (exact) mass is 310 g/mol. The summed E-state index contributed by atoms with van der Waals surface area (Å²) in [6.07, 6.45) is 0. The highest BCUT2D eigenvalue weighted by atomic mass is 35.5. The van der Waals surface area contributed by atoms with Crippen molar-refractivity contribution < 1.29 is 9.94 Å². The molecule has 2 rings (SSSR count). The van der Waals surface area contributed by atoms with E-state index >= 15 is 0 Å². The van der Waals surface area contributed by atoms with Crippen molar-refractivity contribution >= 4 is 29.0 Å². The molecular weight excluding hydrogens is 299 g/mol. The first-order valence-corrected chi connectivity index (χ1v) is 6.51. The van der Waals surface area contributed by atoms with Gasteiger partial charge < -0.3 is 15.7 Å². The Kier molecular flexibility index (Phi) is 4.71. The summed E-state index contributed by atoms with van der Waals surface area (Å²) >= 11 is 12.0. The Hall–Kier alpha value is -1.91. The molecule has 0 bridgehead atoms. The van der Waals surface area contributed by atoms with Gasteiger partial charge in [0.2, 0.25) is 0 Å². The first kappa shape index (κ1) is 14.5. The van der Waals surface area contributed by atoms with Gasteiger partial charge in [0, 0.05) is 15.6 Å². The molecule has 2 aromatic rings. The van der Waals surface area contributed by atoms with Gasteiger partial charge in [-0.1, -0.05) is 46.6 Å². The molecule has 0 unspecified atom stereocenters. The highest BCUT2D eigenvalue weighted by Gasteiger charge is 2.10. The zero-order valence-corrected chi connectivity index (χ0v) is 11.9. The van der Waals surface area contributed by atoms with Crippen LogP contribution in [0.25, 0.3) is 0 Å². The van der Waals surface area contributed by atoms with E-state index in [1.54, 1.807) is 24.3 Å². The van der Waals surface area contributed by atoms with E-state index < -0.39 is 0 Å². The van der Waals surface area contributed by atoms with Crippen LogP contribution in [0.5, 0.6) is 5.75 Å². The van der Waals surface area contributed by atoms with E-state index in [1.165, 1.54) is 0 Å². The molecule has 0 saturated heterocycles. The van der Waals surface area contributed by atoms with Crippen molar-refractivity contribution in [2.75, 3.05) is 0 Å². The first-order valence-electron chi connectivity index (χ1n) is 5.75. The van der Waals surface area contributed by atoms with Gasteiger partial charge in [0.1, 0.15) is 12.4 Å². The predicted molar refractivity (Wildman–Crippen MR) is 79.7 cm³/mol. The number of nitrogens with two attached hydrogens (primary N) is 1. The Morgan fingerprint density at radius 1 is 1.20 bits per heavy atom. The average Bonchev–Trinajstić information content (AvgIpc) is 2.46. The van der Waals surface area contributed by atoms with Gasteiger partial charge >= 0.3 is 0 Å². The summed E-state index contributed by atoms with van der Waals surface area (Å²) in [5, 5.41) is 12.8. The van der Waals surface area contributed by atoms with Crippen molar-refractivity contribution in [3.8, 4) is 5.75 Å². The third kappa shape index (κ3) is 3.35. The molecule has 3 N–H and O–H groups in total. The lowest BCUT2D eigenvalue weighted by Crippen LogP contribution is -2.14. The third-order valence-electron chi connectivity index (χ3n) is 2.67. The molecule has 0 fully saturated rings. The minimum absolute atomic E-state index is 0.0455. The Morgan fingerprint density at radius 3 is 2.65 bits per heavy atom. The van der Waals surface area contributed by atoms with Crippen LogP contribution in [0, 0.1) is 0 Å². The Labute approximate surface area is 126 Å². The fraction of sp³-hybridized carbons (Fsp3) is 0.0714. The second-order valence-corrected chi connectivity index (χ2v) is 4.85. The average molecular weight is 311 g/mol. The molecule has 2 aromatic carbocycles. The van der Waals surface area contributed by atoms with Gasteiger partial charge in [-0.2, -0.15) is 0 Å². The molecule has 6 heteroatoms. The zero-order valence-electron chi connectivity index (χ0n) is 10.4. The van der Waals surface area contributed by atoms with Crippen LogP contribution in [0.2, 0.25) is 10.0 Å². The van der Waals surface area contributed by atoms with E-state index in [1.807, 2.05) is 18.2 Å². The van der Waals surface area contributed by atoms with Crippen LogP contribution in [0.15, 0.2) is 47.6 Å². The number of oxime groups is 1. The quantitative estimate of drug-likeness (QED) is 0.392. The van der Waals surface area contributed by atoms with E-state index in [-0.39, 0.29) is 12.4 Å². The number of benzene rings is 2. The molecule has 0 heterocycles. The lowest BCUT2D eigenvalue weighted by atomic mass is 10.2. The molecular formula is C14H12Cl2N2O2. The number of rotatable bonds is 4. The summed E-state index contributed by atoms with van der Waals surface area (Å²) in [4.78, 5) is 0. The summed E-state index contributed by atoms with van der Waals surface area (Å²) < 4.78 is 5.67. The number of halogens is 2. The normalized spacial score (nSPS) is 11.4. The van der Waals surface area contributed by atoms with E-state index in [2.05, 4.69) is 5.16 Å². The molecule has 0 aliphatic heterocycles. The fourth-order valence-electron chi connectivity index (χ4n) is 1.65. The lowest BCUT2D eigenvalue weighted by molar-refractivity contribution is 0.303. The van der Waals surface area contributed by atoms with Crippen LogP contribution in [0.1, 0.15) is 11.1 Å². The van der Waals surface area contributed by atoms with Crippen molar-refractivity contribution in [2.24, 2.45) is 10.9 Å². The Bertz CT molecular complexity index is 645. The molecule has 0 atom stereocenters. The van der Waals surface area contributed by atoms with E-state index in [9.17, 15) is 0 Å². The maximum absolute atomic E-state index is 8.76. The largest absolute Gasteiger partial charge is 0.488 e. The number of ether oxygens (including phenoxy) is 1. The maximum Gasteiger partial charge on any atom is 0.173 e. The van der Waals surface area contributed by atoms with Crippen molar-refractivity contribution in [3.05, 3.63) is 63.6 Å². The summed E-state index contributed by atoms with van der Waals surface area (Å²) in [6.45, 7) is 0.256. The summed E-state index contributed by atoms with van der Waals surface area (Å²) in [5.41, 5.74) is 6.89. The van der Waals surface area contributed by atoms with Crippen LogP contribution < -0.4 is 10.5 Å². The van der Waals surface area contributed by atoms with Gasteiger partial charge in [0.15, 0.2) is 5.84 Å². The van der Waals surface area contributed by atoms with Gasteiger partial charge in [0.25, 0.3) is 0 Å².